The summed E-state index contributed by atoms with van der Waals surface area (Å²) in [7, 11) is 0. The summed E-state index contributed by atoms with van der Waals surface area (Å²) in [5.41, 5.74) is 2.07. The maximum absolute atomic E-state index is 12.6. The van der Waals surface area contributed by atoms with Crippen LogP contribution in [-0.4, -0.2) is 36.7 Å². The lowest BCUT2D eigenvalue weighted by Gasteiger charge is -2.22. The number of rotatable bonds is 4. The number of benzene rings is 2. The molecule has 0 bridgehead atoms. The first-order chi connectivity index (χ1) is 12.1. The number of ether oxygens (including phenoxy) is 1. The van der Waals surface area contributed by atoms with E-state index in [1.807, 2.05) is 31.2 Å². The van der Waals surface area contributed by atoms with Crippen LogP contribution in [0.4, 0.5) is 11.4 Å². The number of nitro benzene ring substituents is 1. The van der Waals surface area contributed by atoms with E-state index in [2.05, 4.69) is 4.99 Å². The molecule has 2 aromatic carbocycles. The van der Waals surface area contributed by atoms with Crippen LogP contribution in [0.15, 0.2) is 47.5 Å². The highest BCUT2D eigenvalue weighted by atomic mass is 16.6. The molecule has 0 fully saturated rings. The van der Waals surface area contributed by atoms with E-state index in [0.717, 1.165) is 5.56 Å². The monoisotopic (exact) mass is 339 g/mol. The van der Waals surface area contributed by atoms with Gasteiger partial charge in [0.1, 0.15) is 5.75 Å². The van der Waals surface area contributed by atoms with Gasteiger partial charge in [0.15, 0.2) is 6.61 Å². The molecular formula is C18H17N3O4. The average molecular weight is 339 g/mol. The van der Waals surface area contributed by atoms with Crippen molar-refractivity contribution in [3.63, 3.8) is 0 Å². The summed E-state index contributed by atoms with van der Waals surface area (Å²) in [6.07, 6.45) is 1.57. The number of fused-ring (bicyclic) bond motifs is 1. The van der Waals surface area contributed by atoms with E-state index in [0.29, 0.717) is 30.1 Å². The van der Waals surface area contributed by atoms with E-state index < -0.39 is 4.92 Å². The van der Waals surface area contributed by atoms with Crippen molar-refractivity contribution >= 4 is 23.5 Å². The van der Waals surface area contributed by atoms with E-state index in [1.165, 1.54) is 12.1 Å². The molecule has 0 spiro atoms. The Morgan fingerprint density at radius 1 is 1.32 bits per heavy atom. The summed E-state index contributed by atoms with van der Waals surface area (Å²) in [6, 6.07) is 11.9. The van der Waals surface area contributed by atoms with E-state index in [9.17, 15) is 14.9 Å². The molecule has 1 aliphatic heterocycles. The predicted molar refractivity (Wildman–Crippen MR) is 94.6 cm³/mol. The number of amides is 1. The molecule has 0 radical (unpaired) electrons. The SMILES string of the molecule is Cc1ccccc1OCC(=O)N1CCN=Cc2cc([N+](=O)[O-])ccc21. The van der Waals surface area contributed by atoms with Gasteiger partial charge in [-0.1, -0.05) is 18.2 Å². The fourth-order valence-electron chi connectivity index (χ4n) is 2.64. The van der Waals surface area contributed by atoms with Gasteiger partial charge in [0.2, 0.25) is 0 Å². The zero-order chi connectivity index (χ0) is 17.8. The van der Waals surface area contributed by atoms with Crippen LogP contribution in [0.5, 0.6) is 5.75 Å². The summed E-state index contributed by atoms with van der Waals surface area (Å²) >= 11 is 0. The Bertz CT molecular complexity index is 848. The third kappa shape index (κ3) is 3.65. The number of benzodiazepines with no additional fused rings is 1. The van der Waals surface area contributed by atoms with Crippen molar-refractivity contribution in [1.29, 1.82) is 0 Å². The van der Waals surface area contributed by atoms with Crippen molar-refractivity contribution in [2.24, 2.45) is 4.99 Å². The predicted octanol–water partition coefficient (Wildman–Crippen LogP) is 2.75. The van der Waals surface area contributed by atoms with Gasteiger partial charge < -0.3 is 9.64 Å². The van der Waals surface area contributed by atoms with Crippen molar-refractivity contribution in [1.82, 2.24) is 0 Å². The quantitative estimate of drug-likeness (QED) is 0.633. The number of carbonyl (C=O) groups excluding carboxylic acids is 1. The summed E-state index contributed by atoms with van der Waals surface area (Å²) < 4.78 is 5.63. The molecule has 2 aromatic rings. The van der Waals surface area contributed by atoms with Crippen LogP contribution in [0.2, 0.25) is 0 Å². The first-order valence-electron chi connectivity index (χ1n) is 7.83. The van der Waals surface area contributed by atoms with Crippen LogP contribution in [0.3, 0.4) is 0 Å². The van der Waals surface area contributed by atoms with Crippen molar-refractivity contribution in [3.8, 4) is 5.75 Å². The van der Waals surface area contributed by atoms with Crippen LogP contribution in [-0.2, 0) is 4.79 Å². The molecule has 0 saturated heterocycles. The number of nitrogens with zero attached hydrogens (tertiary/aromatic N) is 3. The Balaban J connectivity index is 1.80. The van der Waals surface area contributed by atoms with Gasteiger partial charge in [0, 0.05) is 30.5 Å². The Kier molecular flexibility index (Phi) is 4.74. The Morgan fingerprint density at radius 2 is 2.12 bits per heavy atom. The van der Waals surface area contributed by atoms with Gasteiger partial charge >= 0.3 is 0 Å². The standard InChI is InChI=1S/C18H17N3O4/c1-13-4-2-3-5-17(13)25-12-18(22)20-9-8-19-11-14-10-15(21(23)24)6-7-16(14)20/h2-7,10-11H,8-9,12H2,1H3. The van der Waals surface area contributed by atoms with Gasteiger partial charge in [-0.05, 0) is 24.6 Å². The minimum absolute atomic E-state index is 0.0318. The highest BCUT2D eigenvalue weighted by molar-refractivity contribution is 6.01. The van der Waals surface area contributed by atoms with Gasteiger partial charge in [0.25, 0.3) is 11.6 Å². The summed E-state index contributed by atoms with van der Waals surface area (Å²) in [6.45, 7) is 2.63. The first kappa shape index (κ1) is 16.6. The summed E-state index contributed by atoms with van der Waals surface area (Å²) in [5.74, 6) is 0.440. The Hall–Kier alpha value is -3.22. The molecule has 7 nitrogen and oxygen atoms in total. The van der Waals surface area contributed by atoms with E-state index in [1.54, 1.807) is 17.2 Å². The fraction of sp³-hybridized carbons (Fsp3) is 0.222. The van der Waals surface area contributed by atoms with Crippen LogP contribution < -0.4 is 9.64 Å². The number of para-hydroxylation sites is 1. The van der Waals surface area contributed by atoms with Crippen molar-refractivity contribution in [2.75, 3.05) is 24.6 Å². The fourth-order valence-corrected chi connectivity index (χ4v) is 2.64. The lowest BCUT2D eigenvalue weighted by atomic mass is 10.1. The number of anilines is 1. The number of carbonyl (C=O) groups is 1. The molecule has 25 heavy (non-hydrogen) atoms. The molecule has 128 valence electrons. The highest BCUT2D eigenvalue weighted by Gasteiger charge is 2.22. The number of nitro groups is 1. The number of aliphatic imine (C=N–C) groups is 1. The molecule has 7 heteroatoms. The average Bonchev–Trinajstić information content (AvgIpc) is 2.82. The molecule has 1 amide bonds. The molecular weight excluding hydrogens is 322 g/mol. The molecule has 1 heterocycles. The van der Waals surface area contributed by atoms with Crippen LogP contribution in [0.25, 0.3) is 0 Å². The lowest BCUT2D eigenvalue weighted by molar-refractivity contribution is -0.384. The van der Waals surface area contributed by atoms with Crippen LogP contribution >= 0.6 is 0 Å². The Labute approximate surface area is 144 Å². The molecule has 0 N–H and O–H groups in total. The molecule has 0 unspecified atom stereocenters. The molecule has 1 aliphatic rings. The second kappa shape index (κ2) is 7.12. The summed E-state index contributed by atoms with van der Waals surface area (Å²) in [4.78, 5) is 28.9. The number of non-ortho nitro benzene ring substituents is 1. The second-order valence-electron chi connectivity index (χ2n) is 5.64. The molecule has 0 aliphatic carbocycles. The molecule has 0 atom stereocenters. The van der Waals surface area contributed by atoms with Crippen molar-refractivity contribution < 1.29 is 14.5 Å². The van der Waals surface area contributed by atoms with Gasteiger partial charge in [-0.15, -0.1) is 0 Å². The zero-order valence-electron chi connectivity index (χ0n) is 13.7. The maximum Gasteiger partial charge on any atom is 0.270 e. The maximum atomic E-state index is 12.6. The van der Waals surface area contributed by atoms with Gasteiger partial charge in [-0.3, -0.25) is 19.9 Å². The van der Waals surface area contributed by atoms with Gasteiger partial charge in [-0.25, -0.2) is 0 Å². The van der Waals surface area contributed by atoms with Gasteiger partial charge in [-0.2, -0.15) is 0 Å². The lowest BCUT2D eigenvalue weighted by Crippen LogP contribution is -2.36. The molecule has 3 rings (SSSR count). The molecule has 0 aromatic heterocycles. The third-order valence-corrected chi connectivity index (χ3v) is 3.94. The minimum atomic E-state index is -0.466. The van der Waals surface area contributed by atoms with Gasteiger partial charge in [0.05, 0.1) is 17.2 Å². The normalized spacial score (nSPS) is 13.1. The second-order valence-corrected chi connectivity index (χ2v) is 5.64. The van der Waals surface area contributed by atoms with Crippen molar-refractivity contribution in [2.45, 2.75) is 6.92 Å². The number of aryl methyl sites for hydroxylation is 1. The van der Waals surface area contributed by atoms with E-state index in [4.69, 9.17) is 4.74 Å². The van der Waals surface area contributed by atoms with Crippen molar-refractivity contribution in [3.05, 3.63) is 63.7 Å². The smallest absolute Gasteiger partial charge is 0.270 e. The Morgan fingerprint density at radius 3 is 2.88 bits per heavy atom. The highest BCUT2D eigenvalue weighted by Crippen LogP contribution is 2.26. The third-order valence-electron chi connectivity index (χ3n) is 3.94. The van der Waals surface area contributed by atoms with E-state index >= 15 is 0 Å². The largest absolute Gasteiger partial charge is 0.483 e. The van der Waals surface area contributed by atoms with E-state index in [-0.39, 0.29) is 18.2 Å². The summed E-state index contributed by atoms with van der Waals surface area (Å²) in [5, 5.41) is 10.9. The zero-order valence-corrected chi connectivity index (χ0v) is 13.7. The molecule has 0 saturated carbocycles. The topological polar surface area (TPSA) is 85.0 Å². The number of hydrogen-bond acceptors (Lipinski definition) is 5. The number of hydrogen-bond donors (Lipinski definition) is 0. The first-order valence-corrected chi connectivity index (χ1v) is 7.83. The van der Waals surface area contributed by atoms with Crippen LogP contribution in [0.1, 0.15) is 11.1 Å². The minimum Gasteiger partial charge on any atom is -0.483 e. The van der Waals surface area contributed by atoms with Crippen LogP contribution in [0, 0.1) is 17.0 Å².